The molecule has 0 radical (unpaired) electrons. The number of aryl methyl sites for hydroxylation is 1. The van der Waals surface area contributed by atoms with E-state index in [-0.39, 0.29) is 36.4 Å². The van der Waals surface area contributed by atoms with Gasteiger partial charge in [0.1, 0.15) is 12.8 Å². The van der Waals surface area contributed by atoms with Crippen LogP contribution in [0.25, 0.3) is 0 Å². The van der Waals surface area contributed by atoms with Crippen molar-refractivity contribution in [3.63, 3.8) is 0 Å². The van der Waals surface area contributed by atoms with E-state index in [2.05, 4.69) is 29.2 Å². The second-order valence-corrected chi connectivity index (χ2v) is 10.2. The Kier molecular flexibility index (Phi) is 9.74. The molecule has 1 saturated carbocycles. The van der Waals surface area contributed by atoms with E-state index >= 15 is 0 Å². The predicted molar refractivity (Wildman–Crippen MR) is 153 cm³/mol. The molecule has 3 aromatic carbocycles. The van der Waals surface area contributed by atoms with E-state index in [0.29, 0.717) is 38.4 Å². The lowest BCUT2D eigenvalue weighted by molar-refractivity contribution is -0.0196. The molecule has 0 unspecified atom stereocenters. The van der Waals surface area contributed by atoms with Gasteiger partial charge in [-0.05, 0) is 30.0 Å². The molecule has 0 bridgehead atoms. The van der Waals surface area contributed by atoms with E-state index in [1.165, 1.54) is 4.57 Å². The fraction of sp³-hybridized carbons (Fsp3) is 0.333. The number of hydrogen-bond acceptors (Lipinski definition) is 6. The molecule has 1 heterocycles. The van der Waals surface area contributed by atoms with Crippen molar-refractivity contribution >= 4 is 0 Å². The lowest BCUT2D eigenvalue weighted by Gasteiger charge is -2.20. The minimum absolute atomic E-state index is 0.0408. The summed E-state index contributed by atoms with van der Waals surface area (Å²) >= 11 is 0. The lowest BCUT2D eigenvalue weighted by Crippen LogP contribution is -2.28. The Labute approximate surface area is 235 Å². The number of rotatable bonds is 13. The van der Waals surface area contributed by atoms with Crippen LogP contribution in [0.1, 0.15) is 35.1 Å². The van der Waals surface area contributed by atoms with Gasteiger partial charge in [-0.15, -0.1) is 0 Å². The van der Waals surface area contributed by atoms with Crippen molar-refractivity contribution in [3.8, 4) is 6.01 Å². The summed E-state index contributed by atoms with van der Waals surface area (Å²) in [4.78, 5) is 17.5. The van der Waals surface area contributed by atoms with Gasteiger partial charge in [-0.2, -0.15) is 0 Å². The quantitative estimate of drug-likeness (QED) is 0.217. The molecule has 208 valence electrons. The second kappa shape index (κ2) is 14.0. The molecule has 0 aliphatic heterocycles. The van der Waals surface area contributed by atoms with Crippen LogP contribution < -0.4 is 10.3 Å². The van der Waals surface area contributed by atoms with E-state index in [4.69, 9.17) is 18.9 Å². The minimum atomic E-state index is -0.171. The zero-order valence-electron chi connectivity index (χ0n) is 22.9. The van der Waals surface area contributed by atoms with Crippen LogP contribution in [0, 0.1) is 12.8 Å². The van der Waals surface area contributed by atoms with Gasteiger partial charge in [-0.1, -0.05) is 91.0 Å². The summed E-state index contributed by atoms with van der Waals surface area (Å²) in [5.74, 6) is 0.150. The first-order valence-electron chi connectivity index (χ1n) is 13.8. The average Bonchev–Trinajstić information content (AvgIpc) is 3.38. The number of hydrogen-bond donors (Lipinski definition) is 0. The van der Waals surface area contributed by atoms with Crippen LogP contribution in [0.5, 0.6) is 6.01 Å². The first-order chi connectivity index (χ1) is 19.7. The Morgan fingerprint density at radius 3 is 1.98 bits per heavy atom. The van der Waals surface area contributed by atoms with E-state index in [9.17, 15) is 4.79 Å². The van der Waals surface area contributed by atoms with Crippen LogP contribution in [-0.4, -0.2) is 28.4 Å². The van der Waals surface area contributed by atoms with E-state index in [1.807, 2.05) is 66.7 Å². The standard InChI is InChI=1S/C33H36N2O5/c1-25-19-34-33(35(32(25)36)24-38-21-27-13-7-3-8-14-27)40-30-17-29(23-37-20-26-11-5-2-6-12-26)31(18-30)39-22-28-15-9-4-10-16-28/h2-16,19,29-31H,17-18,20-24H2,1H3/t29-,30-,31+/m1/s1. The van der Waals surface area contributed by atoms with Crippen LogP contribution in [-0.2, 0) is 40.8 Å². The van der Waals surface area contributed by atoms with Crippen molar-refractivity contribution in [2.45, 2.75) is 58.5 Å². The average molecular weight is 541 g/mol. The van der Waals surface area contributed by atoms with Gasteiger partial charge >= 0.3 is 6.01 Å². The largest absolute Gasteiger partial charge is 0.461 e. The Hall–Kier alpha value is -3.78. The third kappa shape index (κ3) is 7.66. The highest BCUT2D eigenvalue weighted by molar-refractivity contribution is 5.15. The molecule has 1 aliphatic carbocycles. The molecular formula is C33H36N2O5. The first-order valence-corrected chi connectivity index (χ1v) is 13.8. The summed E-state index contributed by atoms with van der Waals surface area (Å²) in [7, 11) is 0. The Bertz CT molecular complexity index is 1380. The van der Waals surface area contributed by atoms with Crippen molar-refractivity contribution in [3.05, 3.63) is 130 Å². The molecule has 1 fully saturated rings. The highest BCUT2D eigenvalue weighted by Gasteiger charge is 2.37. The molecule has 0 amide bonds. The van der Waals surface area contributed by atoms with Crippen molar-refractivity contribution in [1.29, 1.82) is 0 Å². The molecule has 7 nitrogen and oxygen atoms in total. The molecule has 5 rings (SSSR count). The van der Waals surface area contributed by atoms with Crippen molar-refractivity contribution < 1.29 is 18.9 Å². The van der Waals surface area contributed by atoms with Gasteiger partial charge in [-0.3, -0.25) is 4.79 Å². The smallest absolute Gasteiger partial charge is 0.301 e. The lowest BCUT2D eigenvalue weighted by atomic mass is 10.1. The van der Waals surface area contributed by atoms with Crippen molar-refractivity contribution in [2.75, 3.05) is 6.61 Å². The SMILES string of the molecule is Cc1cnc(O[C@@H]2C[C@H](COCc3ccccc3)[C@@H](OCc3ccccc3)C2)n(COCc2ccccc2)c1=O. The summed E-state index contributed by atoms with van der Waals surface area (Å²) in [6.45, 7) is 3.82. The summed E-state index contributed by atoms with van der Waals surface area (Å²) in [5.41, 5.74) is 3.67. The molecule has 7 heteroatoms. The third-order valence-corrected chi connectivity index (χ3v) is 7.12. The highest BCUT2D eigenvalue weighted by Crippen LogP contribution is 2.32. The minimum Gasteiger partial charge on any atom is -0.461 e. The van der Waals surface area contributed by atoms with Gasteiger partial charge in [0.2, 0.25) is 0 Å². The van der Waals surface area contributed by atoms with Gasteiger partial charge in [0.05, 0.1) is 32.5 Å². The fourth-order valence-electron chi connectivity index (χ4n) is 4.96. The molecule has 40 heavy (non-hydrogen) atoms. The van der Waals surface area contributed by atoms with Crippen LogP contribution in [0.4, 0.5) is 0 Å². The summed E-state index contributed by atoms with van der Waals surface area (Å²) in [6, 6.07) is 30.4. The Morgan fingerprint density at radius 1 is 0.775 bits per heavy atom. The first kappa shape index (κ1) is 27.8. The van der Waals surface area contributed by atoms with Crippen molar-refractivity contribution in [1.82, 2.24) is 9.55 Å². The number of benzene rings is 3. The number of aromatic nitrogens is 2. The van der Waals surface area contributed by atoms with E-state index in [1.54, 1.807) is 13.1 Å². The maximum Gasteiger partial charge on any atom is 0.301 e. The Morgan fingerprint density at radius 2 is 1.35 bits per heavy atom. The second-order valence-electron chi connectivity index (χ2n) is 10.2. The van der Waals surface area contributed by atoms with Crippen LogP contribution in [0.15, 0.2) is 102 Å². The number of ether oxygens (including phenoxy) is 4. The molecular weight excluding hydrogens is 504 g/mol. The predicted octanol–water partition coefficient (Wildman–Crippen LogP) is 5.69. The summed E-state index contributed by atoms with van der Waals surface area (Å²) in [5, 5.41) is 0. The van der Waals surface area contributed by atoms with Gasteiger partial charge in [0.25, 0.3) is 5.56 Å². The molecule has 0 N–H and O–H groups in total. The molecule has 1 aliphatic rings. The van der Waals surface area contributed by atoms with Gasteiger partial charge in [-0.25, -0.2) is 9.55 Å². The maximum absolute atomic E-state index is 13.0. The summed E-state index contributed by atoms with van der Waals surface area (Å²) in [6.07, 6.45) is 2.77. The topological polar surface area (TPSA) is 71.8 Å². The number of nitrogens with zero attached hydrogens (tertiary/aromatic N) is 2. The van der Waals surface area contributed by atoms with Crippen molar-refractivity contribution in [2.24, 2.45) is 5.92 Å². The molecule has 3 atom stereocenters. The highest BCUT2D eigenvalue weighted by atomic mass is 16.5. The van der Waals surface area contributed by atoms with Gasteiger partial charge < -0.3 is 18.9 Å². The Balaban J connectivity index is 1.24. The molecule has 0 spiro atoms. The zero-order valence-corrected chi connectivity index (χ0v) is 22.9. The fourth-order valence-corrected chi connectivity index (χ4v) is 4.96. The van der Waals surface area contributed by atoms with Crippen LogP contribution in [0.2, 0.25) is 0 Å². The molecule has 0 saturated heterocycles. The van der Waals surface area contributed by atoms with E-state index in [0.717, 1.165) is 23.1 Å². The molecule has 4 aromatic rings. The zero-order chi connectivity index (χ0) is 27.6. The normalized spacial score (nSPS) is 18.6. The van der Waals surface area contributed by atoms with Crippen LogP contribution >= 0.6 is 0 Å². The molecule has 1 aromatic heterocycles. The monoisotopic (exact) mass is 540 g/mol. The van der Waals surface area contributed by atoms with Crippen LogP contribution in [0.3, 0.4) is 0 Å². The summed E-state index contributed by atoms with van der Waals surface area (Å²) < 4.78 is 26.2. The van der Waals surface area contributed by atoms with Gasteiger partial charge in [0, 0.05) is 24.1 Å². The van der Waals surface area contributed by atoms with E-state index < -0.39 is 0 Å². The van der Waals surface area contributed by atoms with Gasteiger partial charge in [0.15, 0.2) is 0 Å². The third-order valence-electron chi connectivity index (χ3n) is 7.12. The maximum atomic E-state index is 13.0.